The van der Waals surface area contributed by atoms with Crippen LogP contribution in [0.25, 0.3) is 11.5 Å². The van der Waals surface area contributed by atoms with Crippen molar-refractivity contribution in [3.05, 3.63) is 59.1 Å². The zero-order valence-corrected chi connectivity index (χ0v) is 16.9. The average molecular weight is 402 g/mol. The van der Waals surface area contributed by atoms with Crippen molar-refractivity contribution in [1.82, 2.24) is 10.2 Å². The predicted molar refractivity (Wildman–Crippen MR) is 109 cm³/mol. The lowest BCUT2D eigenvalue weighted by atomic mass is 9.86. The van der Waals surface area contributed by atoms with Crippen molar-refractivity contribution < 1.29 is 9.21 Å². The van der Waals surface area contributed by atoms with Gasteiger partial charge in [0.15, 0.2) is 0 Å². The highest BCUT2D eigenvalue weighted by molar-refractivity contribution is 7.99. The molecule has 140 valence electrons. The van der Waals surface area contributed by atoms with Gasteiger partial charge < -0.3 is 9.73 Å². The van der Waals surface area contributed by atoms with E-state index in [1.807, 2.05) is 24.3 Å². The second-order valence-corrected chi connectivity index (χ2v) is 8.38. The van der Waals surface area contributed by atoms with Gasteiger partial charge in [-0.15, -0.1) is 10.2 Å². The highest BCUT2D eigenvalue weighted by Crippen LogP contribution is 2.30. The van der Waals surface area contributed by atoms with Crippen molar-refractivity contribution >= 4 is 35.0 Å². The van der Waals surface area contributed by atoms with Crippen molar-refractivity contribution in [2.75, 3.05) is 11.1 Å². The van der Waals surface area contributed by atoms with E-state index in [0.717, 1.165) is 16.8 Å². The molecule has 5 nitrogen and oxygen atoms in total. The molecular weight excluding hydrogens is 382 g/mol. The molecule has 27 heavy (non-hydrogen) atoms. The molecule has 0 fully saturated rings. The molecule has 3 rings (SSSR count). The molecule has 0 bridgehead atoms. The Hall–Kier alpha value is -2.31. The Morgan fingerprint density at radius 3 is 2.52 bits per heavy atom. The van der Waals surface area contributed by atoms with E-state index in [0.29, 0.717) is 16.1 Å². The summed E-state index contributed by atoms with van der Waals surface area (Å²) < 4.78 is 5.61. The fraction of sp³-hybridized carbons (Fsp3) is 0.250. The van der Waals surface area contributed by atoms with Crippen LogP contribution in [0.3, 0.4) is 0 Å². The molecule has 0 aliphatic carbocycles. The Kier molecular flexibility index (Phi) is 5.87. The van der Waals surface area contributed by atoms with E-state index in [1.165, 1.54) is 11.8 Å². The van der Waals surface area contributed by atoms with E-state index in [1.54, 1.807) is 24.3 Å². The zero-order valence-electron chi connectivity index (χ0n) is 15.3. The van der Waals surface area contributed by atoms with Crippen LogP contribution in [0, 0.1) is 0 Å². The smallest absolute Gasteiger partial charge is 0.277 e. The number of halogens is 1. The number of amides is 1. The predicted octanol–water partition coefficient (Wildman–Crippen LogP) is 5.42. The Labute approximate surface area is 167 Å². The van der Waals surface area contributed by atoms with Gasteiger partial charge in [0.05, 0.1) is 5.75 Å². The van der Waals surface area contributed by atoms with Gasteiger partial charge in [0.25, 0.3) is 5.22 Å². The number of hydrogen-bond acceptors (Lipinski definition) is 5. The van der Waals surface area contributed by atoms with Crippen LogP contribution in [0.5, 0.6) is 0 Å². The Balaban J connectivity index is 1.61. The van der Waals surface area contributed by atoms with E-state index < -0.39 is 0 Å². The van der Waals surface area contributed by atoms with E-state index in [9.17, 15) is 4.79 Å². The minimum atomic E-state index is -0.122. The van der Waals surface area contributed by atoms with Crippen molar-refractivity contribution in [2.24, 2.45) is 0 Å². The van der Waals surface area contributed by atoms with Crippen LogP contribution in [0.4, 0.5) is 5.69 Å². The van der Waals surface area contributed by atoms with Crippen LogP contribution in [-0.4, -0.2) is 21.9 Å². The number of nitrogens with zero attached hydrogens (tertiary/aromatic N) is 2. The summed E-state index contributed by atoms with van der Waals surface area (Å²) in [5, 5.41) is 11.9. The van der Waals surface area contributed by atoms with Crippen molar-refractivity contribution in [1.29, 1.82) is 0 Å². The first-order chi connectivity index (χ1) is 12.8. The summed E-state index contributed by atoms with van der Waals surface area (Å²) in [5.74, 6) is 0.455. The van der Waals surface area contributed by atoms with Crippen molar-refractivity contribution in [2.45, 2.75) is 31.4 Å². The van der Waals surface area contributed by atoms with Gasteiger partial charge in [0.1, 0.15) is 0 Å². The largest absolute Gasteiger partial charge is 0.411 e. The van der Waals surface area contributed by atoms with E-state index in [-0.39, 0.29) is 17.1 Å². The Morgan fingerprint density at radius 2 is 1.81 bits per heavy atom. The molecular formula is C20H20ClN3O2S. The first-order valence-corrected chi connectivity index (χ1v) is 9.81. The molecule has 0 saturated carbocycles. The molecule has 1 aromatic heterocycles. The molecule has 0 aliphatic rings. The van der Waals surface area contributed by atoms with Gasteiger partial charge in [0, 0.05) is 16.3 Å². The summed E-state index contributed by atoms with van der Waals surface area (Å²) in [6.07, 6.45) is 0. The lowest BCUT2D eigenvalue weighted by molar-refractivity contribution is -0.113. The molecule has 0 aliphatic heterocycles. The SMILES string of the molecule is CC(C)(C)c1ccccc1NC(=O)CSc1nnc(-c2ccc(Cl)cc2)o1. The second kappa shape index (κ2) is 8.15. The normalized spacial score (nSPS) is 11.4. The second-order valence-electron chi connectivity index (χ2n) is 7.01. The number of hydrogen-bond donors (Lipinski definition) is 1. The molecule has 0 unspecified atom stereocenters. The number of nitrogens with one attached hydrogen (secondary N) is 1. The molecule has 0 spiro atoms. The molecule has 0 radical (unpaired) electrons. The fourth-order valence-corrected chi connectivity index (χ4v) is 3.23. The number of carbonyl (C=O) groups is 1. The minimum absolute atomic E-state index is 0.0585. The Morgan fingerprint density at radius 1 is 1.11 bits per heavy atom. The molecule has 0 saturated heterocycles. The molecule has 7 heteroatoms. The molecule has 3 aromatic rings. The van der Waals surface area contributed by atoms with Gasteiger partial charge in [0.2, 0.25) is 11.8 Å². The first-order valence-electron chi connectivity index (χ1n) is 8.44. The summed E-state index contributed by atoms with van der Waals surface area (Å²) >= 11 is 7.08. The first kappa shape index (κ1) is 19.5. The van der Waals surface area contributed by atoms with Crippen molar-refractivity contribution in [3.63, 3.8) is 0 Å². The van der Waals surface area contributed by atoms with Gasteiger partial charge in [-0.25, -0.2) is 0 Å². The maximum Gasteiger partial charge on any atom is 0.277 e. The van der Waals surface area contributed by atoms with Crippen LogP contribution < -0.4 is 5.32 Å². The summed E-state index contributed by atoms with van der Waals surface area (Å²) in [5.41, 5.74) is 2.63. The van der Waals surface area contributed by atoms with Crippen LogP contribution in [-0.2, 0) is 10.2 Å². The molecule has 2 aromatic carbocycles. The summed E-state index contributed by atoms with van der Waals surface area (Å²) in [4.78, 5) is 12.3. The third-order valence-electron chi connectivity index (χ3n) is 3.83. The van der Waals surface area contributed by atoms with Crippen LogP contribution in [0.2, 0.25) is 5.02 Å². The van der Waals surface area contributed by atoms with Crippen LogP contribution in [0.15, 0.2) is 58.2 Å². The van der Waals surface area contributed by atoms with E-state index in [2.05, 4.69) is 36.3 Å². The molecule has 1 heterocycles. The molecule has 0 atom stereocenters. The number of aromatic nitrogens is 2. The van der Waals surface area contributed by atoms with Gasteiger partial charge in [-0.2, -0.15) is 0 Å². The summed E-state index contributed by atoms with van der Waals surface area (Å²) in [6, 6.07) is 15.0. The van der Waals surface area contributed by atoms with Gasteiger partial charge >= 0.3 is 0 Å². The van der Waals surface area contributed by atoms with Crippen molar-refractivity contribution in [3.8, 4) is 11.5 Å². The van der Waals surface area contributed by atoms with Crippen LogP contribution in [0.1, 0.15) is 26.3 Å². The minimum Gasteiger partial charge on any atom is -0.411 e. The van der Waals surface area contributed by atoms with E-state index >= 15 is 0 Å². The van der Waals surface area contributed by atoms with Gasteiger partial charge in [-0.1, -0.05) is 62.3 Å². The summed E-state index contributed by atoms with van der Waals surface area (Å²) in [7, 11) is 0. The topological polar surface area (TPSA) is 68.0 Å². The highest BCUT2D eigenvalue weighted by Gasteiger charge is 2.19. The van der Waals surface area contributed by atoms with Gasteiger partial charge in [-0.05, 0) is 41.3 Å². The Bertz CT molecular complexity index is 933. The number of carbonyl (C=O) groups excluding carboxylic acids is 1. The third kappa shape index (κ3) is 5.11. The quantitative estimate of drug-likeness (QED) is 0.578. The number of thioether (sulfide) groups is 1. The number of rotatable bonds is 5. The summed E-state index contributed by atoms with van der Waals surface area (Å²) in [6.45, 7) is 6.34. The monoisotopic (exact) mass is 401 g/mol. The third-order valence-corrected chi connectivity index (χ3v) is 4.90. The molecule has 1 N–H and O–H groups in total. The maximum atomic E-state index is 12.3. The lowest BCUT2D eigenvalue weighted by Crippen LogP contribution is -2.19. The fourth-order valence-electron chi connectivity index (χ4n) is 2.54. The highest BCUT2D eigenvalue weighted by atomic mass is 35.5. The van der Waals surface area contributed by atoms with Gasteiger partial charge in [-0.3, -0.25) is 4.79 Å². The van der Waals surface area contributed by atoms with E-state index in [4.69, 9.17) is 16.0 Å². The van der Waals surface area contributed by atoms with Crippen LogP contribution >= 0.6 is 23.4 Å². The number of benzene rings is 2. The maximum absolute atomic E-state index is 12.3. The lowest BCUT2D eigenvalue weighted by Gasteiger charge is -2.22. The standard InChI is InChI=1S/C20H20ClN3O2S/c1-20(2,3)15-6-4-5-7-16(15)22-17(25)12-27-19-24-23-18(26-19)13-8-10-14(21)11-9-13/h4-11H,12H2,1-3H3,(H,22,25). The number of para-hydroxylation sites is 1. The zero-order chi connectivity index (χ0) is 19.4. The average Bonchev–Trinajstić information content (AvgIpc) is 3.09. The molecule has 1 amide bonds. The number of anilines is 1.